The van der Waals surface area contributed by atoms with Gasteiger partial charge >= 0.3 is 11.9 Å². The number of unbranched alkanes of at least 4 members (excludes halogenated alkanes) is 10. The number of carboxylic acid groups (broad SMARTS) is 2. The fraction of sp³-hybridized carbons (Fsp3) is 0.833. The second-order valence-electron chi connectivity index (χ2n) is 13.0. The second-order valence-corrected chi connectivity index (χ2v) is 13.3. The molecule has 0 saturated carbocycles. The number of aliphatic hydroxyl groups excluding tert-OH is 1. The summed E-state index contributed by atoms with van der Waals surface area (Å²) in [7, 11) is 2.25. The molecule has 0 spiro atoms. The normalized spacial score (nSPS) is 12.1. The molecule has 1 unspecified atom stereocenters. The zero-order valence-electron chi connectivity index (χ0n) is 32.5. The maximum atomic E-state index is 12.2. The van der Waals surface area contributed by atoms with Crippen LogP contribution in [-0.2, 0) is 47.7 Å². The number of amides is 4. The number of aliphatic carboxylic acids is 2. The van der Waals surface area contributed by atoms with E-state index in [4.69, 9.17) is 24.1 Å². The molecule has 0 fully saturated rings. The number of carbonyl (C=O) groups excluding carboxylic acids is 4. The molecule has 4 amide bonds. The largest absolute Gasteiger partial charge is 0.481 e. The van der Waals surface area contributed by atoms with Crippen molar-refractivity contribution in [2.45, 2.75) is 121 Å². The van der Waals surface area contributed by atoms with Gasteiger partial charge in [0.15, 0.2) is 0 Å². The highest BCUT2D eigenvalue weighted by molar-refractivity contribution is 7.13. The summed E-state index contributed by atoms with van der Waals surface area (Å²) in [6.07, 6.45) is 11.6. The smallest absolute Gasteiger partial charge is 0.326 e. The minimum Gasteiger partial charge on any atom is -0.481 e. The SMILES string of the molecule is O=C(O)CCCCCCCCCCCCC(=O)N[C@@H](CCC(=O)NCCOCCOCC(=O)NCCOCCOCC(=O)NCCCC[C@@H](O)NP)C(=O)O. The van der Waals surface area contributed by atoms with Crippen molar-refractivity contribution in [1.82, 2.24) is 26.4 Å². The van der Waals surface area contributed by atoms with Gasteiger partial charge in [-0.05, 0) is 38.5 Å². The summed E-state index contributed by atoms with van der Waals surface area (Å²) < 4.78 is 21.2. The Balaban J connectivity index is 3.66. The van der Waals surface area contributed by atoms with E-state index in [0.29, 0.717) is 19.4 Å². The van der Waals surface area contributed by atoms with Gasteiger partial charge in [0, 0.05) is 38.9 Å². The highest BCUT2D eigenvalue weighted by Gasteiger charge is 2.20. The van der Waals surface area contributed by atoms with Crippen LogP contribution in [0.1, 0.15) is 109 Å². The van der Waals surface area contributed by atoms with Gasteiger partial charge in [-0.3, -0.25) is 29.1 Å². The number of aliphatic hydroxyl groups is 1. The highest BCUT2D eigenvalue weighted by Crippen LogP contribution is 2.12. The molecule has 0 aliphatic carbocycles. The van der Waals surface area contributed by atoms with Gasteiger partial charge in [0.25, 0.3) is 0 Å². The summed E-state index contributed by atoms with van der Waals surface area (Å²) in [6.45, 7) is 2.10. The minimum absolute atomic E-state index is 0.0350. The van der Waals surface area contributed by atoms with Crippen LogP contribution in [0.2, 0.25) is 0 Å². The molecule has 0 aromatic heterocycles. The lowest BCUT2D eigenvalue weighted by Gasteiger charge is -2.14. The third-order valence-corrected chi connectivity index (χ3v) is 8.49. The zero-order chi connectivity index (χ0) is 40.8. The van der Waals surface area contributed by atoms with Crippen LogP contribution in [0, 0.1) is 0 Å². The molecular weight excluding hydrogens is 741 g/mol. The van der Waals surface area contributed by atoms with Crippen LogP contribution in [-0.4, -0.2) is 136 Å². The van der Waals surface area contributed by atoms with Crippen molar-refractivity contribution in [3.8, 4) is 0 Å². The molecule has 0 aliphatic rings. The van der Waals surface area contributed by atoms with Crippen LogP contribution >= 0.6 is 9.39 Å². The van der Waals surface area contributed by atoms with E-state index in [1.54, 1.807) is 0 Å². The molecule has 0 aromatic rings. The van der Waals surface area contributed by atoms with Gasteiger partial charge in [0.1, 0.15) is 25.5 Å². The summed E-state index contributed by atoms with van der Waals surface area (Å²) in [4.78, 5) is 70.0. The van der Waals surface area contributed by atoms with E-state index in [1.165, 1.54) is 0 Å². The molecular formula is C36H68N5O13P. The number of hydrogen-bond donors (Lipinski definition) is 8. The van der Waals surface area contributed by atoms with E-state index < -0.39 is 24.2 Å². The van der Waals surface area contributed by atoms with E-state index in [0.717, 1.165) is 70.6 Å². The molecule has 8 N–H and O–H groups in total. The summed E-state index contributed by atoms with van der Waals surface area (Å²) in [5.74, 6) is -3.19. The predicted octanol–water partition coefficient (Wildman–Crippen LogP) is 1.39. The van der Waals surface area contributed by atoms with Crippen LogP contribution < -0.4 is 26.4 Å². The molecule has 0 rings (SSSR count). The summed E-state index contributed by atoms with van der Waals surface area (Å²) in [5, 5.41) is 40.7. The van der Waals surface area contributed by atoms with Crippen molar-refractivity contribution in [3.05, 3.63) is 0 Å². The third-order valence-electron chi connectivity index (χ3n) is 8.10. The molecule has 320 valence electrons. The summed E-state index contributed by atoms with van der Waals surface area (Å²) in [6, 6.07) is -1.15. The van der Waals surface area contributed by atoms with Crippen LogP contribution in [0.5, 0.6) is 0 Å². The summed E-state index contributed by atoms with van der Waals surface area (Å²) >= 11 is 0. The topological polar surface area (TPSA) is 260 Å². The van der Waals surface area contributed by atoms with Crippen LogP contribution in [0.15, 0.2) is 0 Å². The molecule has 0 aromatic carbocycles. The second kappa shape index (κ2) is 37.9. The van der Waals surface area contributed by atoms with Gasteiger partial charge in [-0.1, -0.05) is 60.8 Å². The lowest BCUT2D eigenvalue weighted by molar-refractivity contribution is -0.142. The quantitative estimate of drug-likeness (QED) is 0.0247. The molecule has 3 atom stereocenters. The average Bonchev–Trinajstić information content (AvgIpc) is 3.15. The Bertz CT molecular complexity index is 1040. The van der Waals surface area contributed by atoms with Crippen molar-refractivity contribution >= 4 is 45.0 Å². The first kappa shape index (κ1) is 52.0. The van der Waals surface area contributed by atoms with Gasteiger partial charge in [-0.25, -0.2) is 4.79 Å². The fourth-order valence-electron chi connectivity index (χ4n) is 5.03. The van der Waals surface area contributed by atoms with Crippen LogP contribution in [0.3, 0.4) is 0 Å². The van der Waals surface area contributed by atoms with E-state index in [2.05, 4.69) is 35.7 Å². The number of rotatable bonds is 40. The van der Waals surface area contributed by atoms with Gasteiger partial charge in [0.2, 0.25) is 23.6 Å². The molecule has 0 radical (unpaired) electrons. The maximum Gasteiger partial charge on any atom is 0.326 e. The molecule has 55 heavy (non-hydrogen) atoms. The van der Waals surface area contributed by atoms with Crippen molar-refractivity contribution in [1.29, 1.82) is 0 Å². The maximum absolute atomic E-state index is 12.2. The van der Waals surface area contributed by atoms with Gasteiger partial charge in [-0.2, -0.15) is 0 Å². The van der Waals surface area contributed by atoms with Gasteiger partial charge in [0.05, 0.1) is 39.6 Å². The average molecular weight is 810 g/mol. The molecule has 19 heteroatoms. The van der Waals surface area contributed by atoms with Crippen molar-refractivity contribution in [3.63, 3.8) is 0 Å². The Morgan fingerprint density at radius 1 is 0.491 bits per heavy atom. The Morgan fingerprint density at radius 2 is 0.964 bits per heavy atom. The van der Waals surface area contributed by atoms with E-state index in [1.807, 2.05) is 0 Å². The van der Waals surface area contributed by atoms with Crippen molar-refractivity contribution in [2.75, 3.05) is 72.5 Å². The Labute approximate surface area is 327 Å². The molecule has 0 bridgehead atoms. The number of nitrogens with one attached hydrogen (secondary N) is 5. The monoisotopic (exact) mass is 809 g/mol. The molecule has 0 aliphatic heterocycles. The molecule has 18 nitrogen and oxygen atoms in total. The van der Waals surface area contributed by atoms with Gasteiger partial charge in [-0.15, -0.1) is 0 Å². The standard InChI is InChI=1S/C36H68N5O13P/c42-30(17-16-29(36(49)50)40-31(43)13-9-7-5-3-1-2-4-6-8-10-15-35(47)48)38-19-21-51-23-26-54-28-34(46)39-20-22-52-24-25-53-27-33(45)37-18-12-11-14-32(44)41-55/h29,32,41,44H,1-28,55H2,(H,37,45)(H,38,42)(H,39,46)(H,40,43)(H,47,48)(H,49,50)/t29-,32+/m0/s1. The first-order valence-electron chi connectivity index (χ1n) is 19.5. The first-order valence-corrected chi connectivity index (χ1v) is 20.1. The predicted molar refractivity (Wildman–Crippen MR) is 207 cm³/mol. The number of carbonyl (C=O) groups is 6. The van der Waals surface area contributed by atoms with E-state index in [-0.39, 0.29) is 115 Å². The van der Waals surface area contributed by atoms with E-state index >= 15 is 0 Å². The lowest BCUT2D eigenvalue weighted by atomic mass is 10.0. The Morgan fingerprint density at radius 3 is 1.47 bits per heavy atom. The minimum atomic E-state index is -1.19. The Hall–Kier alpha value is -2.99. The first-order chi connectivity index (χ1) is 26.5. The fourth-order valence-corrected chi connectivity index (χ4v) is 5.20. The van der Waals surface area contributed by atoms with Crippen LogP contribution in [0.4, 0.5) is 0 Å². The highest BCUT2D eigenvalue weighted by atomic mass is 31.0. The van der Waals surface area contributed by atoms with Gasteiger partial charge < -0.3 is 55.5 Å². The van der Waals surface area contributed by atoms with Crippen LogP contribution in [0.25, 0.3) is 0 Å². The molecule has 0 heterocycles. The number of carboxylic acids is 2. The van der Waals surface area contributed by atoms with Crippen molar-refractivity contribution in [2.24, 2.45) is 0 Å². The Kier molecular flexibility index (Phi) is 35.8. The number of ether oxygens (including phenoxy) is 4. The molecule has 0 saturated heterocycles. The van der Waals surface area contributed by atoms with Crippen molar-refractivity contribution < 1.29 is 63.0 Å². The summed E-state index contributed by atoms with van der Waals surface area (Å²) in [5.41, 5.74) is 0. The van der Waals surface area contributed by atoms with E-state index in [9.17, 15) is 39.0 Å². The lowest BCUT2D eigenvalue weighted by Crippen LogP contribution is -2.41. The zero-order valence-corrected chi connectivity index (χ0v) is 33.6. The number of hydrogen-bond acceptors (Lipinski definition) is 12. The third kappa shape index (κ3) is 37.7.